The molecule has 4 rings (SSSR count). The molecule has 2 aliphatic rings. The highest BCUT2D eigenvalue weighted by Gasteiger charge is 2.36. The molecule has 2 atom stereocenters. The number of nitrogens with zero attached hydrogens (tertiary/aromatic N) is 1. The van der Waals surface area contributed by atoms with Gasteiger partial charge in [-0.25, -0.2) is 4.79 Å². The summed E-state index contributed by atoms with van der Waals surface area (Å²) in [6.07, 6.45) is 1.18. The van der Waals surface area contributed by atoms with Crippen LogP contribution in [0, 0.1) is 11.8 Å². The third-order valence-electron chi connectivity index (χ3n) is 6.71. The average Bonchev–Trinajstić information content (AvgIpc) is 3.36. The van der Waals surface area contributed by atoms with Gasteiger partial charge in [0.15, 0.2) is 0 Å². The van der Waals surface area contributed by atoms with E-state index in [1.807, 2.05) is 31.2 Å². The fraction of sp³-hybridized carbons (Fsp3) is 0.423. The number of rotatable bonds is 8. The van der Waals surface area contributed by atoms with Gasteiger partial charge in [-0.3, -0.25) is 9.59 Å². The van der Waals surface area contributed by atoms with Crippen LogP contribution in [0.3, 0.4) is 0 Å². The van der Waals surface area contributed by atoms with Crippen LogP contribution in [0.15, 0.2) is 48.5 Å². The molecule has 0 bridgehead atoms. The molecule has 1 fully saturated rings. The highest BCUT2D eigenvalue weighted by atomic mass is 16.5. The minimum atomic E-state index is -0.843. The zero-order chi connectivity index (χ0) is 23.4. The van der Waals surface area contributed by atoms with Gasteiger partial charge in [0.05, 0.1) is 5.92 Å². The Balaban J connectivity index is 1.17. The first-order chi connectivity index (χ1) is 16.0. The Morgan fingerprint density at radius 2 is 1.64 bits per heavy atom. The van der Waals surface area contributed by atoms with Crippen molar-refractivity contribution in [1.82, 2.24) is 10.2 Å². The zero-order valence-corrected chi connectivity index (χ0v) is 18.8. The SMILES string of the molecule is C[C@@H]1CN(C(=O)CCCCNC(=O)OCC2c3ccccc3-c3ccccc32)C[C@H]1C(=O)O. The summed E-state index contributed by atoms with van der Waals surface area (Å²) in [6, 6.07) is 16.4. The monoisotopic (exact) mass is 450 g/mol. The van der Waals surface area contributed by atoms with Crippen molar-refractivity contribution in [1.29, 1.82) is 0 Å². The van der Waals surface area contributed by atoms with E-state index in [9.17, 15) is 19.5 Å². The van der Waals surface area contributed by atoms with Crippen molar-refractivity contribution in [2.45, 2.75) is 32.1 Å². The molecule has 0 aromatic heterocycles. The third kappa shape index (κ3) is 5.02. The maximum absolute atomic E-state index is 12.3. The van der Waals surface area contributed by atoms with E-state index >= 15 is 0 Å². The highest BCUT2D eigenvalue weighted by molar-refractivity contribution is 5.80. The number of likely N-dealkylation sites (tertiary alicyclic amines) is 1. The Hall–Kier alpha value is -3.35. The molecule has 7 nitrogen and oxygen atoms in total. The van der Waals surface area contributed by atoms with Crippen molar-refractivity contribution in [2.24, 2.45) is 11.8 Å². The maximum atomic E-state index is 12.3. The van der Waals surface area contributed by atoms with E-state index in [0.717, 1.165) is 0 Å². The minimum Gasteiger partial charge on any atom is -0.481 e. The van der Waals surface area contributed by atoms with Crippen LogP contribution in [0.2, 0.25) is 0 Å². The number of carbonyl (C=O) groups excluding carboxylic acids is 2. The van der Waals surface area contributed by atoms with Gasteiger partial charge in [-0.05, 0) is 41.0 Å². The van der Waals surface area contributed by atoms with Crippen molar-refractivity contribution in [2.75, 3.05) is 26.2 Å². The Kier molecular flexibility index (Phi) is 6.96. The lowest BCUT2D eigenvalue weighted by molar-refractivity contribution is -0.142. The molecule has 0 radical (unpaired) electrons. The number of carbonyl (C=O) groups is 3. The normalized spacial score (nSPS) is 19.1. The molecule has 0 saturated carbocycles. The Bertz CT molecular complexity index is 991. The maximum Gasteiger partial charge on any atom is 0.407 e. The quantitative estimate of drug-likeness (QED) is 0.595. The molecule has 2 N–H and O–H groups in total. The molecule has 2 aromatic rings. The van der Waals surface area contributed by atoms with E-state index in [0.29, 0.717) is 32.4 Å². The summed E-state index contributed by atoms with van der Waals surface area (Å²) in [5.41, 5.74) is 4.72. The highest BCUT2D eigenvalue weighted by Crippen LogP contribution is 2.44. The topological polar surface area (TPSA) is 95.9 Å². The number of alkyl carbamates (subject to hydrolysis) is 1. The number of carboxylic acids is 1. The van der Waals surface area contributed by atoms with E-state index in [2.05, 4.69) is 29.6 Å². The Morgan fingerprint density at radius 1 is 1.00 bits per heavy atom. The van der Waals surface area contributed by atoms with Gasteiger partial charge in [0.1, 0.15) is 6.61 Å². The van der Waals surface area contributed by atoms with Gasteiger partial charge < -0.3 is 20.1 Å². The van der Waals surface area contributed by atoms with E-state index < -0.39 is 18.0 Å². The van der Waals surface area contributed by atoms with Crippen LogP contribution in [-0.4, -0.2) is 54.2 Å². The number of benzene rings is 2. The third-order valence-corrected chi connectivity index (χ3v) is 6.71. The predicted molar refractivity (Wildman–Crippen MR) is 124 cm³/mol. The first-order valence-electron chi connectivity index (χ1n) is 11.5. The molecule has 0 unspecified atom stereocenters. The lowest BCUT2D eigenvalue weighted by Gasteiger charge is -2.16. The summed E-state index contributed by atoms with van der Waals surface area (Å²) in [4.78, 5) is 37.4. The molecule has 2 aromatic carbocycles. The van der Waals surface area contributed by atoms with E-state index in [4.69, 9.17) is 4.74 Å². The second-order valence-corrected chi connectivity index (χ2v) is 8.93. The van der Waals surface area contributed by atoms with Crippen LogP contribution in [0.5, 0.6) is 0 Å². The first-order valence-corrected chi connectivity index (χ1v) is 11.5. The van der Waals surface area contributed by atoms with Gasteiger partial charge in [0.2, 0.25) is 5.91 Å². The van der Waals surface area contributed by atoms with Crippen LogP contribution >= 0.6 is 0 Å². The fourth-order valence-electron chi connectivity index (χ4n) is 4.89. The Labute approximate surface area is 193 Å². The molecule has 1 saturated heterocycles. The van der Waals surface area contributed by atoms with E-state index in [1.165, 1.54) is 22.3 Å². The second-order valence-electron chi connectivity index (χ2n) is 8.93. The van der Waals surface area contributed by atoms with Gasteiger partial charge in [-0.1, -0.05) is 55.5 Å². The second kappa shape index (κ2) is 10.1. The van der Waals surface area contributed by atoms with E-state index in [1.54, 1.807) is 4.90 Å². The number of carboxylic acid groups (broad SMARTS) is 1. The van der Waals surface area contributed by atoms with Crippen molar-refractivity contribution in [3.63, 3.8) is 0 Å². The number of hydrogen-bond acceptors (Lipinski definition) is 4. The average molecular weight is 451 g/mol. The molecule has 2 amide bonds. The lowest BCUT2D eigenvalue weighted by Crippen LogP contribution is -2.30. The fourth-order valence-corrected chi connectivity index (χ4v) is 4.89. The number of unbranched alkanes of at least 4 members (excludes halogenated alkanes) is 1. The standard InChI is InChI=1S/C26H30N2O5/c1-17-14-28(15-22(17)25(30)31)24(29)12-6-7-13-27-26(32)33-16-23-20-10-4-2-8-18(20)19-9-3-5-11-21(19)23/h2-5,8-11,17,22-23H,6-7,12-16H2,1H3,(H,27,32)(H,30,31)/t17-,22-/m1/s1. The van der Waals surface area contributed by atoms with Crippen molar-refractivity contribution >= 4 is 18.0 Å². The van der Waals surface area contributed by atoms with Gasteiger partial charge in [0, 0.05) is 32.0 Å². The molecular weight excluding hydrogens is 420 g/mol. The molecule has 1 heterocycles. The van der Waals surface area contributed by atoms with E-state index in [-0.39, 0.29) is 30.9 Å². The number of hydrogen-bond donors (Lipinski definition) is 2. The molecule has 0 spiro atoms. The summed E-state index contributed by atoms with van der Waals surface area (Å²) in [6.45, 7) is 3.35. The van der Waals surface area contributed by atoms with Gasteiger partial charge in [-0.2, -0.15) is 0 Å². The van der Waals surface area contributed by atoms with Crippen LogP contribution in [0.25, 0.3) is 11.1 Å². The number of fused-ring (bicyclic) bond motifs is 3. The summed E-state index contributed by atoms with van der Waals surface area (Å²) in [7, 11) is 0. The van der Waals surface area contributed by atoms with Crippen LogP contribution in [-0.2, 0) is 14.3 Å². The smallest absolute Gasteiger partial charge is 0.407 e. The van der Waals surface area contributed by atoms with Crippen molar-refractivity contribution < 1.29 is 24.2 Å². The molecule has 7 heteroatoms. The lowest BCUT2D eigenvalue weighted by atomic mass is 9.98. The first kappa shape index (κ1) is 22.8. The summed E-state index contributed by atoms with van der Waals surface area (Å²) >= 11 is 0. The number of nitrogens with one attached hydrogen (secondary N) is 1. The van der Waals surface area contributed by atoms with Gasteiger partial charge in [0.25, 0.3) is 0 Å². The Morgan fingerprint density at radius 3 is 2.24 bits per heavy atom. The van der Waals surface area contributed by atoms with Gasteiger partial charge in [-0.15, -0.1) is 0 Å². The molecular formula is C26H30N2O5. The molecule has 174 valence electrons. The van der Waals surface area contributed by atoms with Crippen LogP contribution in [0.1, 0.15) is 43.2 Å². The van der Waals surface area contributed by atoms with Crippen molar-refractivity contribution in [3.05, 3.63) is 59.7 Å². The number of amides is 2. The van der Waals surface area contributed by atoms with Crippen LogP contribution < -0.4 is 5.32 Å². The largest absolute Gasteiger partial charge is 0.481 e. The van der Waals surface area contributed by atoms with Crippen LogP contribution in [0.4, 0.5) is 4.79 Å². The molecule has 1 aliphatic carbocycles. The molecule has 1 aliphatic heterocycles. The van der Waals surface area contributed by atoms with Crippen molar-refractivity contribution in [3.8, 4) is 11.1 Å². The summed E-state index contributed by atoms with van der Waals surface area (Å²) in [5, 5.41) is 12.0. The summed E-state index contributed by atoms with van der Waals surface area (Å²) in [5.74, 6) is -1.35. The number of ether oxygens (including phenoxy) is 1. The molecule has 33 heavy (non-hydrogen) atoms. The number of aliphatic carboxylic acids is 1. The summed E-state index contributed by atoms with van der Waals surface area (Å²) < 4.78 is 5.51. The minimum absolute atomic E-state index is 0.0215. The predicted octanol–water partition coefficient (Wildman–Crippen LogP) is 3.87. The van der Waals surface area contributed by atoms with Gasteiger partial charge >= 0.3 is 12.1 Å². The zero-order valence-electron chi connectivity index (χ0n) is 18.8.